The van der Waals surface area contributed by atoms with Gasteiger partial charge in [-0.25, -0.2) is 4.39 Å². The summed E-state index contributed by atoms with van der Waals surface area (Å²) in [5, 5.41) is 3.05. The standard InChI is InChI=1S/C24H20FN3O4/c1-31-19-10-9-18(12-20(19)32-2)27-22-21(16-5-7-17(25)8-6-16)23(29)28(24(22)30)14-15-4-3-11-26-13-15/h3-13,27H,14H2,1-2H3. The Bertz CT molecular complexity index is 1190. The molecule has 1 N–H and O–H groups in total. The zero-order chi connectivity index (χ0) is 22.7. The predicted molar refractivity (Wildman–Crippen MR) is 116 cm³/mol. The lowest BCUT2D eigenvalue weighted by molar-refractivity contribution is -0.137. The Balaban J connectivity index is 1.74. The molecule has 8 heteroatoms. The number of methoxy groups -OCH3 is 2. The molecule has 0 radical (unpaired) electrons. The number of hydrogen-bond acceptors (Lipinski definition) is 6. The van der Waals surface area contributed by atoms with Crippen molar-refractivity contribution in [3.05, 3.63) is 89.6 Å². The van der Waals surface area contributed by atoms with Crippen LogP contribution in [0.5, 0.6) is 11.5 Å². The fourth-order valence-corrected chi connectivity index (χ4v) is 3.45. The van der Waals surface area contributed by atoms with Gasteiger partial charge in [-0.3, -0.25) is 19.5 Å². The first kappa shape index (κ1) is 21.0. The van der Waals surface area contributed by atoms with Crippen LogP contribution in [-0.4, -0.2) is 35.9 Å². The molecule has 0 saturated carbocycles. The molecule has 1 aliphatic rings. The third-order valence-electron chi connectivity index (χ3n) is 5.02. The molecule has 0 spiro atoms. The summed E-state index contributed by atoms with van der Waals surface area (Å²) in [5.74, 6) is -0.419. The summed E-state index contributed by atoms with van der Waals surface area (Å²) < 4.78 is 24.1. The summed E-state index contributed by atoms with van der Waals surface area (Å²) in [4.78, 5) is 31.7. The minimum absolute atomic E-state index is 0.0628. The second-order valence-electron chi connectivity index (χ2n) is 7.01. The zero-order valence-electron chi connectivity index (χ0n) is 17.5. The molecule has 7 nitrogen and oxygen atoms in total. The van der Waals surface area contributed by atoms with Crippen LogP contribution in [0, 0.1) is 5.82 Å². The number of carbonyl (C=O) groups is 2. The zero-order valence-corrected chi connectivity index (χ0v) is 17.5. The average Bonchev–Trinajstić information content (AvgIpc) is 3.04. The minimum atomic E-state index is -0.493. The smallest absolute Gasteiger partial charge is 0.278 e. The molecule has 2 amide bonds. The maximum atomic E-state index is 13.5. The number of aromatic nitrogens is 1. The van der Waals surface area contributed by atoms with E-state index in [-0.39, 0.29) is 17.8 Å². The molecule has 2 aromatic carbocycles. The van der Waals surface area contributed by atoms with Crippen molar-refractivity contribution < 1.29 is 23.5 Å². The lowest BCUT2D eigenvalue weighted by Crippen LogP contribution is -2.32. The van der Waals surface area contributed by atoms with Crippen molar-refractivity contribution in [3.63, 3.8) is 0 Å². The van der Waals surface area contributed by atoms with E-state index in [0.29, 0.717) is 28.3 Å². The molecule has 3 aromatic rings. The lowest BCUT2D eigenvalue weighted by atomic mass is 10.0. The van der Waals surface area contributed by atoms with Gasteiger partial charge in [-0.1, -0.05) is 18.2 Å². The Kier molecular flexibility index (Phi) is 5.85. The normalized spacial score (nSPS) is 13.5. The van der Waals surface area contributed by atoms with Gasteiger partial charge in [0.2, 0.25) is 0 Å². The van der Waals surface area contributed by atoms with Crippen LogP contribution >= 0.6 is 0 Å². The van der Waals surface area contributed by atoms with E-state index in [1.807, 2.05) is 0 Å². The van der Waals surface area contributed by atoms with E-state index in [1.54, 1.807) is 42.7 Å². The summed E-state index contributed by atoms with van der Waals surface area (Å²) in [6.45, 7) is 0.0628. The van der Waals surface area contributed by atoms with E-state index < -0.39 is 17.6 Å². The van der Waals surface area contributed by atoms with E-state index in [0.717, 1.165) is 4.90 Å². The fraction of sp³-hybridized carbons (Fsp3) is 0.125. The third-order valence-corrected chi connectivity index (χ3v) is 5.02. The number of carbonyl (C=O) groups excluding carboxylic acids is 2. The van der Waals surface area contributed by atoms with Crippen molar-refractivity contribution >= 4 is 23.1 Å². The number of rotatable bonds is 7. The maximum absolute atomic E-state index is 13.5. The highest BCUT2D eigenvalue weighted by Crippen LogP contribution is 2.34. The number of ether oxygens (including phenoxy) is 2. The fourth-order valence-electron chi connectivity index (χ4n) is 3.45. The van der Waals surface area contributed by atoms with Crippen LogP contribution < -0.4 is 14.8 Å². The lowest BCUT2D eigenvalue weighted by Gasteiger charge is -2.15. The molecule has 2 heterocycles. The van der Waals surface area contributed by atoms with Gasteiger partial charge in [0.15, 0.2) is 11.5 Å². The number of nitrogens with zero attached hydrogens (tertiary/aromatic N) is 2. The largest absolute Gasteiger partial charge is 0.493 e. The summed E-state index contributed by atoms with van der Waals surface area (Å²) in [7, 11) is 3.03. The van der Waals surface area contributed by atoms with Gasteiger partial charge in [0, 0.05) is 24.1 Å². The molecule has 0 unspecified atom stereocenters. The SMILES string of the molecule is COc1ccc(NC2=C(c3ccc(F)cc3)C(=O)N(Cc3cccnc3)C2=O)cc1OC. The van der Waals surface area contributed by atoms with E-state index in [9.17, 15) is 14.0 Å². The summed E-state index contributed by atoms with van der Waals surface area (Å²) in [6.07, 6.45) is 3.21. The summed E-state index contributed by atoms with van der Waals surface area (Å²) >= 11 is 0. The first-order chi connectivity index (χ1) is 15.5. The Hall–Kier alpha value is -4.20. The van der Waals surface area contributed by atoms with Gasteiger partial charge in [-0.2, -0.15) is 0 Å². The highest BCUT2D eigenvalue weighted by atomic mass is 19.1. The number of pyridine rings is 1. The Morgan fingerprint density at radius 2 is 1.72 bits per heavy atom. The van der Waals surface area contributed by atoms with Crippen molar-refractivity contribution in [1.82, 2.24) is 9.88 Å². The van der Waals surface area contributed by atoms with E-state index in [2.05, 4.69) is 10.3 Å². The molecular weight excluding hydrogens is 413 g/mol. The highest BCUT2D eigenvalue weighted by molar-refractivity contribution is 6.36. The van der Waals surface area contributed by atoms with Gasteiger partial charge in [0.25, 0.3) is 11.8 Å². The van der Waals surface area contributed by atoms with E-state index >= 15 is 0 Å². The summed E-state index contributed by atoms with van der Waals surface area (Å²) in [5.41, 5.74) is 1.93. The molecule has 1 aromatic heterocycles. The average molecular weight is 433 g/mol. The second-order valence-corrected chi connectivity index (χ2v) is 7.01. The van der Waals surface area contributed by atoms with Gasteiger partial charge >= 0.3 is 0 Å². The van der Waals surface area contributed by atoms with Gasteiger partial charge < -0.3 is 14.8 Å². The van der Waals surface area contributed by atoms with Crippen LogP contribution in [-0.2, 0) is 16.1 Å². The Labute approximate surface area is 184 Å². The predicted octanol–water partition coefficient (Wildman–Crippen LogP) is 3.63. The number of imide groups is 1. The number of amides is 2. The quantitative estimate of drug-likeness (QED) is 0.573. The van der Waals surface area contributed by atoms with Crippen molar-refractivity contribution in [1.29, 1.82) is 0 Å². The third kappa shape index (κ3) is 4.02. The molecule has 0 bridgehead atoms. The van der Waals surface area contributed by atoms with Crippen LogP contribution in [0.3, 0.4) is 0 Å². The van der Waals surface area contributed by atoms with Crippen LogP contribution in [0.25, 0.3) is 5.57 Å². The second kappa shape index (κ2) is 8.89. The molecule has 162 valence electrons. The minimum Gasteiger partial charge on any atom is -0.493 e. The van der Waals surface area contributed by atoms with E-state index in [4.69, 9.17) is 9.47 Å². The van der Waals surface area contributed by atoms with Crippen LogP contribution in [0.4, 0.5) is 10.1 Å². The van der Waals surface area contributed by atoms with Gasteiger partial charge in [0.05, 0.1) is 26.3 Å². The first-order valence-electron chi connectivity index (χ1n) is 9.76. The molecule has 4 rings (SSSR count). The Morgan fingerprint density at radius 3 is 2.38 bits per heavy atom. The molecule has 32 heavy (non-hydrogen) atoms. The molecule has 0 saturated heterocycles. The van der Waals surface area contributed by atoms with Gasteiger partial charge in [0.1, 0.15) is 11.5 Å². The van der Waals surface area contributed by atoms with Crippen molar-refractivity contribution in [2.45, 2.75) is 6.54 Å². The number of hydrogen-bond donors (Lipinski definition) is 1. The van der Waals surface area contributed by atoms with Crippen molar-refractivity contribution in [2.75, 3.05) is 19.5 Å². The van der Waals surface area contributed by atoms with Crippen molar-refractivity contribution in [2.24, 2.45) is 0 Å². The van der Waals surface area contributed by atoms with Crippen LogP contribution in [0.1, 0.15) is 11.1 Å². The van der Waals surface area contributed by atoms with E-state index in [1.165, 1.54) is 38.5 Å². The highest BCUT2D eigenvalue weighted by Gasteiger charge is 2.39. The van der Waals surface area contributed by atoms with Crippen LogP contribution in [0.15, 0.2) is 72.7 Å². The molecular formula is C24H20FN3O4. The monoisotopic (exact) mass is 433 g/mol. The number of nitrogens with one attached hydrogen (secondary N) is 1. The maximum Gasteiger partial charge on any atom is 0.278 e. The summed E-state index contributed by atoms with van der Waals surface area (Å²) in [6, 6.07) is 14.0. The molecule has 0 fully saturated rings. The van der Waals surface area contributed by atoms with Crippen molar-refractivity contribution in [3.8, 4) is 11.5 Å². The van der Waals surface area contributed by atoms with Crippen LogP contribution in [0.2, 0.25) is 0 Å². The first-order valence-corrected chi connectivity index (χ1v) is 9.76. The van der Waals surface area contributed by atoms with Gasteiger partial charge in [-0.05, 0) is 41.5 Å². The Morgan fingerprint density at radius 1 is 0.969 bits per heavy atom. The molecule has 1 aliphatic heterocycles. The number of benzene rings is 2. The number of anilines is 1. The molecule has 0 atom stereocenters. The van der Waals surface area contributed by atoms with Gasteiger partial charge in [-0.15, -0.1) is 0 Å². The molecule has 0 aliphatic carbocycles. The topological polar surface area (TPSA) is 80.8 Å². The number of halogens is 1.